The molecule has 21 heavy (non-hydrogen) atoms. The molecule has 0 amide bonds. The van der Waals surface area contributed by atoms with Crippen molar-refractivity contribution < 1.29 is 4.74 Å². The quantitative estimate of drug-likeness (QED) is 0.619. The van der Waals surface area contributed by atoms with Crippen molar-refractivity contribution in [2.24, 2.45) is 0 Å². The summed E-state index contributed by atoms with van der Waals surface area (Å²) in [5.74, 6) is 1.61. The van der Waals surface area contributed by atoms with Gasteiger partial charge in [0.05, 0.1) is 6.61 Å². The van der Waals surface area contributed by atoms with Crippen molar-refractivity contribution in [1.82, 2.24) is 5.32 Å². The lowest BCUT2D eigenvalue weighted by atomic mass is 9.90. The minimum Gasteiger partial charge on any atom is -0.493 e. The summed E-state index contributed by atoms with van der Waals surface area (Å²) < 4.78 is 5.83. The van der Waals surface area contributed by atoms with Crippen molar-refractivity contribution in [2.45, 2.75) is 70.3 Å². The van der Waals surface area contributed by atoms with Crippen LogP contribution in [0.1, 0.15) is 69.8 Å². The Morgan fingerprint density at radius 3 is 2.57 bits per heavy atom. The first-order valence-corrected chi connectivity index (χ1v) is 8.75. The fourth-order valence-corrected chi connectivity index (χ4v) is 3.39. The van der Waals surface area contributed by atoms with Gasteiger partial charge in [-0.3, -0.25) is 0 Å². The van der Waals surface area contributed by atoms with Gasteiger partial charge in [0.25, 0.3) is 0 Å². The number of nitrogens with one attached hydrogen (secondary N) is 1. The van der Waals surface area contributed by atoms with E-state index in [1.165, 1.54) is 56.9 Å². The minimum absolute atomic E-state index is 0.520. The maximum atomic E-state index is 5.83. The molecule has 2 atom stereocenters. The Bertz CT molecular complexity index is 404. The van der Waals surface area contributed by atoms with Crippen LogP contribution in [0.25, 0.3) is 0 Å². The third kappa shape index (κ3) is 4.74. The summed E-state index contributed by atoms with van der Waals surface area (Å²) in [6, 6.07) is 9.05. The second kappa shape index (κ2) is 9.09. The second-order valence-corrected chi connectivity index (χ2v) is 6.26. The van der Waals surface area contributed by atoms with Crippen molar-refractivity contribution in [3.8, 4) is 5.75 Å². The number of likely N-dealkylation sites (N-methyl/N-ethyl adjacent to an activating group) is 1. The molecule has 0 aromatic heterocycles. The zero-order valence-corrected chi connectivity index (χ0v) is 13.7. The zero-order chi connectivity index (χ0) is 14.9. The van der Waals surface area contributed by atoms with E-state index in [0.717, 1.165) is 12.4 Å². The minimum atomic E-state index is 0.520. The summed E-state index contributed by atoms with van der Waals surface area (Å²) in [4.78, 5) is 0. The highest BCUT2D eigenvalue weighted by Crippen LogP contribution is 2.36. The van der Waals surface area contributed by atoms with Crippen LogP contribution in [0.3, 0.4) is 0 Å². The molecule has 1 aliphatic heterocycles. The van der Waals surface area contributed by atoms with Crippen LogP contribution in [0, 0.1) is 0 Å². The van der Waals surface area contributed by atoms with E-state index >= 15 is 0 Å². The predicted molar refractivity (Wildman–Crippen MR) is 90.1 cm³/mol. The molecule has 1 heterocycles. The highest BCUT2D eigenvalue weighted by Gasteiger charge is 2.29. The van der Waals surface area contributed by atoms with E-state index < -0.39 is 0 Å². The van der Waals surface area contributed by atoms with Gasteiger partial charge in [-0.2, -0.15) is 0 Å². The van der Waals surface area contributed by atoms with Gasteiger partial charge in [-0.05, 0) is 19.5 Å². The Balaban J connectivity index is 1.72. The van der Waals surface area contributed by atoms with Gasteiger partial charge in [-0.1, -0.05) is 70.1 Å². The predicted octanol–water partition coefficient (Wildman–Crippen LogP) is 4.89. The van der Waals surface area contributed by atoms with Crippen molar-refractivity contribution in [3.63, 3.8) is 0 Å². The fourth-order valence-electron chi connectivity index (χ4n) is 3.39. The monoisotopic (exact) mass is 289 g/mol. The normalized spacial score (nSPS) is 18.3. The summed E-state index contributed by atoms with van der Waals surface area (Å²) in [7, 11) is 2.09. The van der Waals surface area contributed by atoms with Crippen molar-refractivity contribution in [2.75, 3.05) is 13.7 Å². The van der Waals surface area contributed by atoms with Gasteiger partial charge in [0, 0.05) is 17.5 Å². The van der Waals surface area contributed by atoms with Crippen LogP contribution in [0.15, 0.2) is 24.3 Å². The number of hydrogen-bond acceptors (Lipinski definition) is 2. The molecule has 1 aromatic carbocycles. The Morgan fingerprint density at radius 1 is 1.10 bits per heavy atom. The molecule has 1 N–H and O–H groups in total. The average Bonchev–Trinajstić information content (AvgIpc) is 2.94. The van der Waals surface area contributed by atoms with Gasteiger partial charge in [0.1, 0.15) is 5.75 Å². The van der Waals surface area contributed by atoms with E-state index in [9.17, 15) is 0 Å². The maximum absolute atomic E-state index is 5.83. The molecule has 0 aliphatic carbocycles. The Hall–Kier alpha value is -1.02. The van der Waals surface area contributed by atoms with E-state index in [0.29, 0.717) is 12.0 Å². The van der Waals surface area contributed by atoms with Gasteiger partial charge in [0.2, 0.25) is 0 Å². The summed E-state index contributed by atoms with van der Waals surface area (Å²) >= 11 is 0. The van der Waals surface area contributed by atoms with Crippen LogP contribution in [-0.4, -0.2) is 19.7 Å². The highest BCUT2D eigenvalue weighted by atomic mass is 16.5. The molecule has 2 nitrogen and oxygen atoms in total. The van der Waals surface area contributed by atoms with Gasteiger partial charge in [0.15, 0.2) is 0 Å². The van der Waals surface area contributed by atoms with Crippen molar-refractivity contribution in [3.05, 3.63) is 29.8 Å². The Labute approximate surface area is 130 Å². The van der Waals surface area contributed by atoms with E-state index in [-0.39, 0.29) is 0 Å². The molecule has 2 heteroatoms. The average molecular weight is 289 g/mol. The molecule has 2 rings (SSSR count). The SMILES string of the molecule is CCCCCCCCCC(NC)C1COc2ccccc21. The number of fused-ring (bicyclic) bond motifs is 1. The van der Waals surface area contributed by atoms with Crippen LogP contribution in [-0.2, 0) is 0 Å². The third-order valence-electron chi connectivity index (χ3n) is 4.71. The molecule has 2 unspecified atom stereocenters. The number of rotatable bonds is 10. The number of benzene rings is 1. The first-order valence-electron chi connectivity index (χ1n) is 8.75. The van der Waals surface area contributed by atoms with E-state index in [1.54, 1.807) is 0 Å². The van der Waals surface area contributed by atoms with Crippen LogP contribution in [0.5, 0.6) is 5.75 Å². The van der Waals surface area contributed by atoms with Crippen LogP contribution in [0.2, 0.25) is 0 Å². The largest absolute Gasteiger partial charge is 0.493 e. The molecule has 0 radical (unpaired) electrons. The number of para-hydroxylation sites is 1. The van der Waals surface area contributed by atoms with Crippen LogP contribution in [0.4, 0.5) is 0 Å². The highest BCUT2D eigenvalue weighted by molar-refractivity contribution is 5.40. The van der Waals surface area contributed by atoms with Gasteiger partial charge >= 0.3 is 0 Å². The lowest BCUT2D eigenvalue weighted by Crippen LogP contribution is -2.33. The topological polar surface area (TPSA) is 21.3 Å². The molecule has 0 bridgehead atoms. The van der Waals surface area contributed by atoms with Gasteiger partial charge in [-0.15, -0.1) is 0 Å². The zero-order valence-electron chi connectivity index (χ0n) is 13.7. The van der Waals surface area contributed by atoms with Gasteiger partial charge in [-0.25, -0.2) is 0 Å². The van der Waals surface area contributed by atoms with E-state index in [4.69, 9.17) is 4.74 Å². The first kappa shape index (κ1) is 16.4. The lowest BCUT2D eigenvalue weighted by molar-refractivity contribution is 0.294. The van der Waals surface area contributed by atoms with E-state index in [1.807, 2.05) is 0 Å². The molecule has 1 aromatic rings. The van der Waals surface area contributed by atoms with Crippen LogP contribution < -0.4 is 10.1 Å². The molecule has 118 valence electrons. The second-order valence-electron chi connectivity index (χ2n) is 6.26. The lowest BCUT2D eigenvalue weighted by Gasteiger charge is -2.22. The molecule has 0 fully saturated rings. The first-order chi connectivity index (χ1) is 10.4. The fraction of sp³-hybridized carbons (Fsp3) is 0.684. The van der Waals surface area contributed by atoms with E-state index in [2.05, 4.69) is 43.6 Å². The number of unbranched alkanes of at least 4 members (excludes halogenated alkanes) is 6. The standard InChI is InChI=1S/C19H31NO/c1-3-4-5-6-7-8-9-13-18(20-2)17-15-21-19-14-11-10-12-16(17)19/h10-12,14,17-18,20H,3-9,13,15H2,1-2H3. The Morgan fingerprint density at radius 2 is 1.81 bits per heavy atom. The summed E-state index contributed by atoms with van der Waals surface area (Å²) in [5.41, 5.74) is 1.39. The summed E-state index contributed by atoms with van der Waals surface area (Å²) in [6.07, 6.45) is 10.9. The summed E-state index contributed by atoms with van der Waals surface area (Å²) in [5, 5.41) is 3.52. The number of hydrogen-bond donors (Lipinski definition) is 1. The summed E-state index contributed by atoms with van der Waals surface area (Å²) in [6.45, 7) is 3.11. The van der Waals surface area contributed by atoms with Crippen molar-refractivity contribution in [1.29, 1.82) is 0 Å². The molecule has 0 saturated heterocycles. The molecule has 0 saturated carbocycles. The van der Waals surface area contributed by atoms with Gasteiger partial charge < -0.3 is 10.1 Å². The molecular weight excluding hydrogens is 258 g/mol. The molecule has 0 spiro atoms. The maximum Gasteiger partial charge on any atom is 0.122 e. The Kier molecular flexibility index (Phi) is 7.08. The van der Waals surface area contributed by atoms with Crippen molar-refractivity contribution >= 4 is 0 Å². The smallest absolute Gasteiger partial charge is 0.122 e. The van der Waals surface area contributed by atoms with Crippen LogP contribution >= 0.6 is 0 Å². The third-order valence-corrected chi connectivity index (χ3v) is 4.71. The molecule has 1 aliphatic rings. The molecular formula is C19H31NO. The number of ether oxygens (including phenoxy) is 1.